The highest BCUT2D eigenvalue weighted by Gasteiger charge is 2.48. The van der Waals surface area contributed by atoms with Gasteiger partial charge >= 0.3 is 0 Å². The Bertz CT molecular complexity index is 912. The molecule has 2 aromatic rings. The Kier molecular flexibility index (Phi) is 4.64. The summed E-state index contributed by atoms with van der Waals surface area (Å²) in [6.07, 6.45) is -0.116. The van der Waals surface area contributed by atoms with E-state index >= 15 is 0 Å². The summed E-state index contributed by atoms with van der Waals surface area (Å²) in [5, 5.41) is 0. The molecule has 0 radical (unpaired) electrons. The SMILES string of the molecule is COc1ccc([C@@H]2OC[C@@H]3[C@H]2CO[C@@H]3c2cc(OC)c3c(c2)OCO3)cc1OC. The third kappa shape index (κ3) is 2.96. The first-order valence-corrected chi connectivity index (χ1v) is 9.66. The summed E-state index contributed by atoms with van der Waals surface area (Å²) in [6, 6.07) is 9.90. The smallest absolute Gasteiger partial charge is 0.231 e. The van der Waals surface area contributed by atoms with Crippen molar-refractivity contribution in [2.45, 2.75) is 12.2 Å². The van der Waals surface area contributed by atoms with Gasteiger partial charge in [-0.25, -0.2) is 0 Å². The van der Waals surface area contributed by atoms with Gasteiger partial charge < -0.3 is 33.2 Å². The van der Waals surface area contributed by atoms with Crippen molar-refractivity contribution in [3.8, 4) is 28.7 Å². The quantitative estimate of drug-likeness (QED) is 0.761. The van der Waals surface area contributed by atoms with E-state index in [0.717, 1.165) is 11.1 Å². The van der Waals surface area contributed by atoms with Crippen LogP contribution >= 0.6 is 0 Å². The van der Waals surface area contributed by atoms with Gasteiger partial charge in [-0.1, -0.05) is 6.07 Å². The van der Waals surface area contributed by atoms with Crippen LogP contribution in [0.15, 0.2) is 30.3 Å². The fraction of sp³-hybridized carbons (Fsp3) is 0.455. The van der Waals surface area contributed by atoms with Crippen LogP contribution in [0.5, 0.6) is 28.7 Å². The molecule has 7 nitrogen and oxygen atoms in total. The van der Waals surface area contributed by atoms with Gasteiger partial charge in [-0.2, -0.15) is 0 Å². The maximum Gasteiger partial charge on any atom is 0.231 e. The first-order chi connectivity index (χ1) is 14.2. The predicted octanol–water partition coefficient (Wildman–Crippen LogP) is 3.52. The van der Waals surface area contributed by atoms with Crippen LogP contribution in [0.25, 0.3) is 0 Å². The van der Waals surface area contributed by atoms with Crippen LogP contribution in [-0.4, -0.2) is 41.3 Å². The molecule has 5 rings (SSSR count). The fourth-order valence-electron chi connectivity index (χ4n) is 4.58. The lowest BCUT2D eigenvalue weighted by atomic mass is 9.85. The van der Waals surface area contributed by atoms with Crippen LogP contribution < -0.4 is 23.7 Å². The third-order valence-electron chi connectivity index (χ3n) is 6.01. The van der Waals surface area contributed by atoms with Gasteiger partial charge in [0.05, 0.1) is 46.8 Å². The lowest BCUT2D eigenvalue weighted by molar-refractivity contribution is 0.0191. The molecule has 0 bridgehead atoms. The number of ether oxygens (including phenoxy) is 7. The summed E-state index contributed by atoms with van der Waals surface area (Å²) in [4.78, 5) is 0. The van der Waals surface area contributed by atoms with Crippen LogP contribution in [0, 0.1) is 11.8 Å². The minimum absolute atomic E-state index is 0.0410. The van der Waals surface area contributed by atoms with E-state index in [1.54, 1.807) is 21.3 Å². The van der Waals surface area contributed by atoms with E-state index in [9.17, 15) is 0 Å². The maximum absolute atomic E-state index is 6.23. The number of methoxy groups -OCH3 is 3. The van der Waals surface area contributed by atoms with E-state index in [-0.39, 0.29) is 30.8 Å². The molecule has 0 unspecified atom stereocenters. The molecular weight excluding hydrogens is 376 g/mol. The molecule has 3 aliphatic rings. The number of rotatable bonds is 5. The van der Waals surface area contributed by atoms with Crippen molar-refractivity contribution in [2.24, 2.45) is 11.8 Å². The molecular formula is C22H24O7. The molecule has 0 amide bonds. The molecule has 0 spiro atoms. The Morgan fingerprint density at radius 3 is 2.07 bits per heavy atom. The summed E-state index contributed by atoms with van der Waals surface area (Å²) in [5.41, 5.74) is 2.10. The second kappa shape index (κ2) is 7.31. The highest BCUT2D eigenvalue weighted by atomic mass is 16.7. The average Bonchev–Trinajstić information content (AvgIpc) is 3.48. The van der Waals surface area contributed by atoms with Crippen molar-refractivity contribution >= 4 is 0 Å². The monoisotopic (exact) mass is 400 g/mol. The number of hydrogen-bond acceptors (Lipinski definition) is 7. The number of benzene rings is 2. The zero-order valence-corrected chi connectivity index (χ0v) is 16.7. The van der Waals surface area contributed by atoms with Gasteiger partial charge in [-0.3, -0.25) is 0 Å². The van der Waals surface area contributed by atoms with Crippen LogP contribution in [0.3, 0.4) is 0 Å². The average molecular weight is 400 g/mol. The molecule has 154 valence electrons. The van der Waals surface area contributed by atoms with Crippen molar-refractivity contribution in [3.05, 3.63) is 41.5 Å². The molecule has 0 aliphatic carbocycles. The molecule has 4 atom stereocenters. The van der Waals surface area contributed by atoms with Gasteiger partial charge in [0.1, 0.15) is 0 Å². The molecule has 0 N–H and O–H groups in total. The van der Waals surface area contributed by atoms with Crippen LogP contribution in [0.4, 0.5) is 0 Å². The first kappa shape index (κ1) is 18.4. The van der Waals surface area contributed by atoms with Gasteiger partial charge in [0.25, 0.3) is 0 Å². The largest absolute Gasteiger partial charge is 0.493 e. The van der Waals surface area contributed by atoms with Crippen LogP contribution in [-0.2, 0) is 9.47 Å². The number of fused-ring (bicyclic) bond motifs is 2. The first-order valence-electron chi connectivity index (χ1n) is 9.66. The Hall–Kier alpha value is -2.64. The minimum atomic E-state index is -0.0754. The summed E-state index contributed by atoms with van der Waals surface area (Å²) < 4.78 is 39.8. The van der Waals surface area contributed by atoms with Crippen LogP contribution in [0.1, 0.15) is 23.3 Å². The Labute approximate surface area is 169 Å². The van der Waals surface area contributed by atoms with Gasteiger partial charge in [0.15, 0.2) is 23.0 Å². The molecule has 3 aliphatic heterocycles. The number of hydrogen-bond donors (Lipinski definition) is 0. The standard InChI is InChI=1S/C22H24O7/c1-23-16-5-4-12(6-17(16)24-2)20-14-9-27-21(15(14)10-26-20)13-7-18(25-3)22-19(8-13)28-11-29-22/h4-8,14-15,20-21H,9-11H2,1-3H3/t14-,15-,20+,21-/m1/s1. The minimum Gasteiger partial charge on any atom is -0.493 e. The van der Waals surface area contributed by atoms with Gasteiger partial charge in [0.2, 0.25) is 12.5 Å². The fourth-order valence-corrected chi connectivity index (χ4v) is 4.58. The van der Waals surface area contributed by atoms with Gasteiger partial charge in [-0.15, -0.1) is 0 Å². The molecule has 2 fully saturated rings. The zero-order chi connectivity index (χ0) is 20.0. The van der Waals surface area contributed by atoms with E-state index in [1.165, 1.54) is 0 Å². The molecule has 2 aromatic carbocycles. The predicted molar refractivity (Wildman–Crippen MR) is 103 cm³/mol. The molecule has 29 heavy (non-hydrogen) atoms. The topological polar surface area (TPSA) is 64.6 Å². The van der Waals surface area contributed by atoms with E-state index in [0.29, 0.717) is 42.0 Å². The molecule has 0 saturated carbocycles. The Balaban J connectivity index is 1.41. The van der Waals surface area contributed by atoms with Crippen molar-refractivity contribution < 1.29 is 33.2 Å². The van der Waals surface area contributed by atoms with E-state index in [2.05, 4.69) is 0 Å². The van der Waals surface area contributed by atoms with Crippen molar-refractivity contribution in [3.63, 3.8) is 0 Å². The highest BCUT2D eigenvalue weighted by Crippen LogP contribution is 2.53. The molecule has 0 aromatic heterocycles. The van der Waals surface area contributed by atoms with Gasteiger partial charge in [0, 0.05) is 11.8 Å². The third-order valence-corrected chi connectivity index (χ3v) is 6.01. The van der Waals surface area contributed by atoms with Crippen molar-refractivity contribution in [1.29, 1.82) is 0 Å². The van der Waals surface area contributed by atoms with Crippen LogP contribution in [0.2, 0.25) is 0 Å². The normalized spacial score (nSPS) is 27.0. The molecule has 7 heteroatoms. The zero-order valence-electron chi connectivity index (χ0n) is 16.7. The van der Waals surface area contributed by atoms with Crippen molar-refractivity contribution in [1.82, 2.24) is 0 Å². The molecule has 3 heterocycles. The van der Waals surface area contributed by atoms with Gasteiger partial charge in [-0.05, 0) is 35.4 Å². The maximum atomic E-state index is 6.23. The van der Waals surface area contributed by atoms with E-state index in [4.69, 9.17) is 33.2 Å². The highest BCUT2D eigenvalue weighted by molar-refractivity contribution is 5.55. The summed E-state index contributed by atoms with van der Waals surface area (Å²) in [6.45, 7) is 1.47. The van der Waals surface area contributed by atoms with Crippen molar-refractivity contribution in [2.75, 3.05) is 41.3 Å². The second-order valence-electron chi connectivity index (χ2n) is 7.41. The lowest BCUT2D eigenvalue weighted by Crippen LogP contribution is -2.14. The second-order valence-corrected chi connectivity index (χ2v) is 7.41. The molecule has 2 saturated heterocycles. The summed E-state index contributed by atoms with van der Waals surface area (Å²) >= 11 is 0. The lowest BCUT2D eigenvalue weighted by Gasteiger charge is -2.18. The Morgan fingerprint density at radius 2 is 1.38 bits per heavy atom. The summed E-state index contributed by atoms with van der Waals surface area (Å²) in [7, 11) is 4.90. The van der Waals surface area contributed by atoms with E-state index < -0.39 is 0 Å². The van der Waals surface area contributed by atoms with E-state index in [1.807, 2.05) is 30.3 Å². The summed E-state index contributed by atoms with van der Waals surface area (Å²) in [5.74, 6) is 3.93. The Morgan fingerprint density at radius 1 is 0.724 bits per heavy atom.